The first kappa shape index (κ1) is 13.1. The number of nitrogens with zero attached hydrogens (tertiary/aromatic N) is 1. The second kappa shape index (κ2) is 5.09. The van der Waals surface area contributed by atoms with Crippen LogP contribution in [0.2, 0.25) is 0 Å². The van der Waals surface area contributed by atoms with Gasteiger partial charge in [0.1, 0.15) is 17.3 Å². The van der Waals surface area contributed by atoms with E-state index in [4.69, 9.17) is 5.11 Å². The van der Waals surface area contributed by atoms with Crippen LogP contribution >= 0.6 is 0 Å². The molecule has 3 nitrogen and oxygen atoms in total. The standard InChI is InChI=1S/C13H8F3NO2/c14-8-3-1-7(2-4-8)13-10(16)5-9(15)11(17-13)6-12(18)19/h1-5H,6H2,(H,18,19). The molecule has 0 saturated carbocycles. The molecule has 1 N–H and O–H groups in total. The molecule has 19 heavy (non-hydrogen) atoms. The van der Waals surface area contributed by atoms with E-state index in [2.05, 4.69) is 4.98 Å². The van der Waals surface area contributed by atoms with Gasteiger partial charge in [-0.1, -0.05) is 0 Å². The Bertz CT molecular complexity index is 627. The first-order valence-electron chi connectivity index (χ1n) is 5.30. The summed E-state index contributed by atoms with van der Waals surface area (Å²) < 4.78 is 39.7. The lowest BCUT2D eigenvalue weighted by Crippen LogP contribution is -2.07. The van der Waals surface area contributed by atoms with Gasteiger partial charge in [-0.3, -0.25) is 4.79 Å². The van der Waals surface area contributed by atoms with Gasteiger partial charge in [0.2, 0.25) is 0 Å². The minimum atomic E-state index is -1.27. The molecule has 2 rings (SSSR count). The van der Waals surface area contributed by atoms with E-state index in [1.807, 2.05) is 0 Å². The molecule has 0 spiro atoms. The average Bonchev–Trinajstić information content (AvgIpc) is 2.33. The number of carbonyl (C=O) groups is 1. The summed E-state index contributed by atoms with van der Waals surface area (Å²) in [6.45, 7) is 0. The van der Waals surface area contributed by atoms with Gasteiger partial charge in [0, 0.05) is 11.6 Å². The molecule has 0 aliphatic heterocycles. The maximum absolute atomic E-state index is 13.6. The SMILES string of the molecule is O=C(O)Cc1nc(-c2ccc(F)cc2)c(F)cc1F. The highest BCUT2D eigenvalue weighted by atomic mass is 19.1. The van der Waals surface area contributed by atoms with Gasteiger partial charge in [-0.15, -0.1) is 0 Å². The molecule has 0 atom stereocenters. The van der Waals surface area contributed by atoms with E-state index in [-0.39, 0.29) is 17.0 Å². The van der Waals surface area contributed by atoms with Gasteiger partial charge in [0.05, 0.1) is 12.1 Å². The third-order valence-electron chi connectivity index (χ3n) is 2.44. The molecule has 0 radical (unpaired) electrons. The average molecular weight is 267 g/mol. The Morgan fingerprint density at radius 2 is 1.74 bits per heavy atom. The van der Waals surface area contributed by atoms with Gasteiger partial charge < -0.3 is 5.11 Å². The van der Waals surface area contributed by atoms with E-state index in [9.17, 15) is 18.0 Å². The second-order valence-corrected chi connectivity index (χ2v) is 3.82. The molecule has 1 aromatic carbocycles. The van der Waals surface area contributed by atoms with Crippen molar-refractivity contribution >= 4 is 5.97 Å². The number of hydrogen-bond acceptors (Lipinski definition) is 2. The van der Waals surface area contributed by atoms with Crippen LogP contribution in [0.5, 0.6) is 0 Å². The number of rotatable bonds is 3. The van der Waals surface area contributed by atoms with Crippen molar-refractivity contribution in [3.8, 4) is 11.3 Å². The highest BCUT2D eigenvalue weighted by molar-refractivity contribution is 5.70. The number of halogens is 3. The van der Waals surface area contributed by atoms with Crippen LogP contribution in [0.25, 0.3) is 11.3 Å². The normalized spacial score (nSPS) is 10.5. The topological polar surface area (TPSA) is 50.2 Å². The molecule has 1 aromatic heterocycles. The molecular weight excluding hydrogens is 259 g/mol. The fourth-order valence-corrected chi connectivity index (χ4v) is 1.58. The van der Waals surface area contributed by atoms with Gasteiger partial charge in [0.15, 0.2) is 5.82 Å². The van der Waals surface area contributed by atoms with E-state index in [1.165, 1.54) is 12.1 Å². The van der Waals surface area contributed by atoms with Gasteiger partial charge in [-0.25, -0.2) is 18.2 Å². The molecule has 1 heterocycles. The number of benzene rings is 1. The first-order valence-corrected chi connectivity index (χ1v) is 5.30. The van der Waals surface area contributed by atoms with Crippen molar-refractivity contribution in [1.82, 2.24) is 4.98 Å². The van der Waals surface area contributed by atoms with E-state index in [0.717, 1.165) is 12.1 Å². The Morgan fingerprint density at radius 3 is 2.32 bits per heavy atom. The van der Waals surface area contributed by atoms with Gasteiger partial charge >= 0.3 is 5.97 Å². The number of aliphatic carboxylic acids is 1. The summed E-state index contributed by atoms with van der Waals surface area (Å²) in [4.78, 5) is 14.2. The van der Waals surface area contributed by atoms with Crippen molar-refractivity contribution < 1.29 is 23.1 Å². The fraction of sp³-hybridized carbons (Fsp3) is 0.0769. The maximum Gasteiger partial charge on any atom is 0.309 e. The van der Waals surface area contributed by atoms with Gasteiger partial charge in [0.25, 0.3) is 0 Å². The fourth-order valence-electron chi connectivity index (χ4n) is 1.58. The Labute approximate surface area is 106 Å². The Balaban J connectivity index is 2.50. The molecule has 0 aliphatic rings. The van der Waals surface area contributed by atoms with E-state index in [0.29, 0.717) is 6.07 Å². The molecule has 0 unspecified atom stereocenters. The van der Waals surface area contributed by atoms with E-state index < -0.39 is 29.8 Å². The highest BCUT2D eigenvalue weighted by Crippen LogP contribution is 2.23. The summed E-state index contributed by atoms with van der Waals surface area (Å²) in [5.74, 6) is -3.73. The number of carboxylic acids is 1. The maximum atomic E-state index is 13.6. The summed E-state index contributed by atoms with van der Waals surface area (Å²) in [6, 6.07) is 5.35. The molecule has 98 valence electrons. The lowest BCUT2D eigenvalue weighted by atomic mass is 10.1. The van der Waals surface area contributed by atoms with Crippen molar-refractivity contribution in [3.63, 3.8) is 0 Å². The summed E-state index contributed by atoms with van der Waals surface area (Å²) in [5, 5.41) is 8.61. The molecular formula is C13H8F3NO2. The van der Waals surface area contributed by atoms with Crippen molar-refractivity contribution in [2.75, 3.05) is 0 Å². The predicted molar refractivity (Wildman–Crippen MR) is 60.9 cm³/mol. The van der Waals surface area contributed by atoms with Crippen LogP contribution in [0.1, 0.15) is 5.69 Å². The van der Waals surface area contributed by atoms with Crippen LogP contribution < -0.4 is 0 Å². The zero-order valence-electron chi connectivity index (χ0n) is 9.53. The molecule has 0 aliphatic carbocycles. The second-order valence-electron chi connectivity index (χ2n) is 3.82. The number of carboxylic acid groups (broad SMARTS) is 1. The van der Waals surface area contributed by atoms with E-state index >= 15 is 0 Å². The van der Waals surface area contributed by atoms with Gasteiger partial charge in [-0.05, 0) is 24.3 Å². The summed E-state index contributed by atoms with van der Waals surface area (Å²) in [7, 11) is 0. The summed E-state index contributed by atoms with van der Waals surface area (Å²) in [6.07, 6.45) is -0.652. The van der Waals surface area contributed by atoms with Crippen molar-refractivity contribution in [2.24, 2.45) is 0 Å². The predicted octanol–water partition coefficient (Wildman–Crippen LogP) is 2.79. The van der Waals surface area contributed by atoms with Crippen LogP contribution in [-0.4, -0.2) is 16.1 Å². The quantitative estimate of drug-likeness (QED) is 0.930. The zero-order valence-corrected chi connectivity index (χ0v) is 9.53. The Morgan fingerprint density at radius 1 is 1.11 bits per heavy atom. The zero-order chi connectivity index (χ0) is 14.0. The lowest BCUT2D eigenvalue weighted by Gasteiger charge is -2.06. The van der Waals surface area contributed by atoms with Crippen molar-refractivity contribution in [1.29, 1.82) is 0 Å². The molecule has 0 fully saturated rings. The summed E-state index contributed by atoms with van der Waals surface area (Å²) in [5.41, 5.74) is -0.337. The van der Waals surface area contributed by atoms with Crippen molar-refractivity contribution in [2.45, 2.75) is 6.42 Å². The number of aromatic nitrogens is 1. The molecule has 0 saturated heterocycles. The smallest absolute Gasteiger partial charge is 0.309 e. The number of hydrogen-bond donors (Lipinski definition) is 1. The minimum absolute atomic E-state index is 0.211. The third kappa shape index (κ3) is 2.90. The lowest BCUT2D eigenvalue weighted by molar-refractivity contribution is -0.136. The minimum Gasteiger partial charge on any atom is -0.481 e. The molecule has 0 amide bonds. The highest BCUT2D eigenvalue weighted by Gasteiger charge is 2.15. The van der Waals surface area contributed by atoms with Crippen LogP contribution in [0.4, 0.5) is 13.2 Å². The van der Waals surface area contributed by atoms with E-state index in [1.54, 1.807) is 0 Å². The third-order valence-corrected chi connectivity index (χ3v) is 2.44. The Kier molecular flexibility index (Phi) is 3.50. The monoisotopic (exact) mass is 267 g/mol. The molecule has 2 aromatic rings. The van der Waals surface area contributed by atoms with Gasteiger partial charge in [-0.2, -0.15) is 0 Å². The number of pyridine rings is 1. The Hall–Kier alpha value is -2.37. The van der Waals surface area contributed by atoms with Crippen molar-refractivity contribution in [3.05, 3.63) is 53.5 Å². The van der Waals surface area contributed by atoms with Crippen LogP contribution in [0.3, 0.4) is 0 Å². The first-order chi connectivity index (χ1) is 8.97. The molecule has 6 heteroatoms. The molecule has 0 bridgehead atoms. The van der Waals surface area contributed by atoms with Crippen LogP contribution in [0.15, 0.2) is 30.3 Å². The largest absolute Gasteiger partial charge is 0.481 e. The summed E-state index contributed by atoms with van der Waals surface area (Å²) >= 11 is 0. The van der Waals surface area contributed by atoms with Crippen LogP contribution in [-0.2, 0) is 11.2 Å². The van der Waals surface area contributed by atoms with Crippen LogP contribution in [0, 0.1) is 17.5 Å².